The van der Waals surface area contributed by atoms with E-state index in [2.05, 4.69) is 0 Å². The maximum absolute atomic E-state index is 10.7. The van der Waals surface area contributed by atoms with E-state index in [0.717, 1.165) is 0 Å². The van der Waals surface area contributed by atoms with Crippen molar-refractivity contribution in [2.24, 2.45) is 0 Å². The summed E-state index contributed by atoms with van der Waals surface area (Å²) >= 11 is 0. The summed E-state index contributed by atoms with van der Waals surface area (Å²) in [5, 5.41) is 10.7. The molecule has 1 N–H and O–H groups in total. The molecule has 0 amide bonds. The molecule has 5 nitrogen and oxygen atoms in total. The maximum atomic E-state index is 10.7. The Hall–Kier alpha value is -2.40. The standard InChI is InChI=1S/C18H22O5/c1-12(23-16-8-6-5-7-14(16)20-2)18(19)13-9-10-15(21-3)17(11-13)22-4/h5-12,18-19H,1-4H3/i18D. The summed E-state index contributed by atoms with van der Waals surface area (Å²) in [7, 11) is 4.56. The molecule has 23 heavy (non-hydrogen) atoms. The molecule has 2 aromatic carbocycles. The van der Waals surface area contributed by atoms with Crippen molar-refractivity contribution in [1.82, 2.24) is 0 Å². The van der Waals surface area contributed by atoms with Crippen LogP contribution in [-0.4, -0.2) is 32.5 Å². The lowest BCUT2D eigenvalue weighted by molar-refractivity contribution is 0.0450. The Morgan fingerprint density at radius 1 is 0.870 bits per heavy atom. The highest BCUT2D eigenvalue weighted by Gasteiger charge is 2.21. The summed E-state index contributed by atoms with van der Waals surface area (Å²) in [5.41, 5.74) is 0.336. The number of rotatable bonds is 7. The molecule has 2 rings (SSSR count). The van der Waals surface area contributed by atoms with Gasteiger partial charge in [-0.2, -0.15) is 0 Å². The molecule has 124 valence electrons. The first kappa shape index (κ1) is 15.5. The number of hydrogen-bond donors (Lipinski definition) is 1. The van der Waals surface area contributed by atoms with E-state index in [-0.39, 0.29) is 0 Å². The van der Waals surface area contributed by atoms with Crippen LogP contribution >= 0.6 is 0 Å². The Balaban J connectivity index is 2.28. The molecule has 0 aliphatic heterocycles. The molecule has 2 unspecified atom stereocenters. The Bertz CT molecular complexity index is 687. The highest BCUT2D eigenvalue weighted by Crippen LogP contribution is 2.33. The zero-order chi connectivity index (χ0) is 17.7. The van der Waals surface area contributed by atoms with Gasteiger partial charge in [0.1, 0.15) is 12.2 Å². The summed E-state index contributed by atoms with van der Waals surface area (Å²) in [6.07, 6.45) is -2.84. The fourth-order valence-electron chi connectivity index (χ4n) is 2.19. The van der Waals surface area contributed by atoms with Crippen LogP contribution in [-0.2, 0) is 0 Å². The quantitative estimate of drug-likeness (QED) is 0.849. The third-order valence-electron chi connectivity index (χ3n) is 3.44. The van der Waals surface area contributed by atoms with E-state index < -0.39 is 12.2 Å². The van der Waals surface area contributed by atoms with Crippen LogP contribution in [0.4, 0.5) is 0 Å². The molecule has 0 aromatic heterocycles. The van der Waals surface area contributed by atoms with Gasteiger partial charge in [0.15, 0.2) is 23.0 Å². The molecule has 5 heteroatoms. The van der Waals surface area contributed by atoms with Gasteiger partial charge in [-0.05, 0) is 36.8 Å². The molecule has 0 aliphatic rings. The lowest BCUT2D eigenvalue weighted by Gasteiger charge is -2.22. The number of methoxy groups -OCH3 is 3. The van der Waals surface area contributed by atoms with E-state index in [1.54, 1.807) is 43.3 Å². The summed E-state index contributed by atoms with van der Waals surface area (Å²) in [5.74, 6) is 1.95. The Kier molecular flexibility index (Phi) is 5.21. The number of hydrogen-bond acceptors (Lipinski definition) is 5. The molecule has 0 fully saturated rings. The molecule has 2 atom stereocenters. The van der Waals surface area contributed by atoms with Crippen LogP contribution in [0.3, 0.4) is 0 Å². The minimum atomic E-state index is -1.99. The van der Waals surface area contributed by atoms with Crippen LogP contribution in [0.1, 0.15) is 19.9 Å². The number of para-hydroxylation sites is 2. The largest absolute Gasteiger partial charge is 0.493 e. The minimum absolute atomic E-state index is 0.336. The predicted molar refractivity (Wildman–Crippen MR) is 87.6 cm³/mol. The van der Waals surface area contributed by atoms with Crippen molar-refractivity contribution < 1.29 is 25.4 Å². The average molecular weight is 319 g/mol. The van der Waals surface area contributed by atoms with Crippen LogP contribution in [0, 0.1) is 0 Å². The van der Waals surface area contributed by atoms with Gasteiger partial charge >= 0.3 is 0 Å². The predicted octanol–water partition coefficient (Wildman–Crippen LogP) is 3.21. The third kappa shape index (κ3) is 3.87. The number of aliphatic hydroxyl groups is 1. The van der Waals surface area contributed by atoms with Crippen molar-refractivity contribution in [2.45, 2.75) is 19.1 Å². The van der Waals surface area contributed by atoms with E-state index in [0.29, 0.717) is 28.6 Å². The summed E-state index contributed by atoms with van der Waals surface area (Å²) in [4.78, 5) is 0. The summed E-state index contributed by atoms with van der Waals surface area (Å²) in [6.45, 7) is 1.62. The fraction of sp³-hybridized carbons (Fsp3) is 0.333. The fourth-order valence-corrected chi connectivity index (χ4v) is 2.19. The van der Waals surface area contributed by atoms with Gasteiger partial charge in [0.2, 0.25) is 0 Å². The highest BCUT2D eigenvalue weighted by molar-refractivity contribution is 5.44. The van der Waals surface area contributed by atoms with Gasteiger partial charge in [0, 0.05) is 0 Å². The molecular weight excluding hydrogens is 296 g/mol. The lowest BCUT2D eigenvalue weighted by atomic mass is 10.0. The van der Waals surface area contributed by atoms with Crippen LogP contribution in [0.2, 0.25) is 0 Å². The van der Waals surface area contributed by atoms with E-state index in [1.807, 2.05) is 6.07 Å². The average Bonchev–Trinajstić information content (AvgIpc) is 2.61. The third-order valence-corrected chi connectivity index (χ3v) is 3.44. The van der Waals surface area contributed by atoms with Crippen LogP contribution in [0.25, 0.3) is 0 Å². The first-order chi connectivity index (χ1) is 11.4. The second-order valence-corrected chi connectivity index (χ2v) is 4.87. The monoisotopic (exact) mass is 319 g/mol. The van der Waals surface area contributed by atoms with E-state index >= 15 is 0 Å². The van der Waals surface area contributed by atoms with Crippen molar-refractivity contribution in [3.05, 3.63) is 48.0 Å². The Morgan fingerprint density at radius 3 is 2.04 bits per heavy atom. The van der Waals surface area contributed by atoms with Gasteiger partial charge in [-0.15, -0.1) is 0 Å². The molecule has 0 heterocycles. The van der Waals surface area contributed by atoms with Crippen molar-refractivity contribution in [2.75, 3.05) is 21.3 Å². The van der Waals surface area contributed by atoms with E-state index in [9.17, 15) is 5.11 Å². The zero-order valence-electron chi connectivity index (χ0n) is 14.7. The molecule has 0 spiro atoms. The highest BCUT2D eigenvalue weighted by atomic mass is 16.5. The first-order valence-corrected chi connectivity index (χ1v) is 7.18. The van der Waals surface area contributed by atoms with Gasteiger partial charge in [0.05, 0.1) is 22.7 Å². The lowest BCUT2D eigenvalue weighted by Crippen LogP contribution is -2.22. The van der Waals surface area contributed by atoms with Gasteiger partial charge in [-0.1, -0.05) is 18.2 Å². The summed E-state index contributed by atoms with van der Waals surface area (Å²) in [6, 6.07) is 11.9. The zero-order valence-corrected chi connectivity index (χ0v) is 13.7. The molecule has 2 aromatic rings. The molecule has 0 radical (unpaired) electrons. The molecule has 0 saturated heterocycles. The number of benzene rings is 2. The van der Waals surface area contributed by atoms with E-state index in [1.165, 1.54) is 21.3 Å². The van der Waals surface area contributed by atoms with Crippen LogP contribution in [0.15, 0.2) is 42.5 Å². The summed E-state index contributed by atoms with van der Waals surface area (Å²) < 4.78 is 29.7. The molecule has 0 aliphatic carbocycles. The van der Waals surface area contributed by atoms with Gasteiger partial charge in [0.25, 0.3) is 0 Å². The SMILES string of the molecule is [2H]C(O)(c1ccc(OC)c(OC)c1)C(C)Oc1ccccc1OC. The van der Waals surface area contributed by atoms with E-state index in [4.69, 9.17) is 20.3 Å². The van der Waals surface area contributed by atoms with Crippen LogP contribution in [0.5, 0.6) is 23.0 Å². The van der Waals surface area contributed by atoms with Crippen molar-refractivity contribution >= 4 is 0 Å². The maximum Gasteiger partial charge on any atom is 0.161 e. The topological polar surface area (TPSA) is 57.2 Å². The van der Waals surface area contributed by atoms with Gasteiger partial charge in [-0.3, -0.25) is 0 Å². The van der Waals surface area contributed by atoms with Gasteiger partial charge in [-0.25, -0.2) is 0 Å². The Labute approximate surface area is 137 Å². The second kappa shape index (κ2) is 7.74. The van der Waals surface area contributed by atoms with Crippen LogP contribution < -0.4 is 18.9 Å². The number of ether oxygens (including phenoxy) is 4. The first-order valence-electron chi connectivity index (χ1n) is 7.68. The Morgan fingerprint density at radius 2 is 1.43 bits per heavy atom. The second-order valence-electron chi connectivity index (χ2n) is 4.87. The smallest absolute Gasteiger partial charge is 0.161 e. The van der Waals surface area contributed by atoms with Crippen molar-refractivity contribution in [3.8, 4) is 23.0 Å². The van der Waals surface area contributed by atoms with Crippen molar-refractivity contribution in [3.63, 3.8) is 0 Å². The van der Waals surface area contributed by atoms with Crippen molar-refractivity contribution in [1.29, 1.82) is 0 Å². The normalized spacial score (nSPS) is 15.1. The molecule has 0 saturated carbocycles. The molecular formula is C18H22O5. The molecule has 0 bridgehead atoms. The minimum Gasteiger partial charge on any atom is -0.493 e. The van der Waals surface area contributed by atoms with Gasteiger partial charge < -0.3 is 24.1 Å².